The molecule has 0 radical (unpaired) electrons. The second-order valence-electron chi connectivity index (χ2n) is 4.62. The molecule has 8 heteroatoms. The molecular formula is C12H18N4O4. The van der Waals surface area contributed by atoms with Crippen LogP contribution in [0.15, 0.2) is 12.4 Å². The quantitative estimate of drug-likeness (QED) is 0.812. The Morgan fingerprint density at radius 2 is 2.25 bits per heavy atom. The van der Waals surface area contributed by atoms with Crippen LogP contribution in [0, 0.1) is 0 Å². The average molecular weight is 282 g/mol. The van der Waals surface area contributed by atoms with E-state index in [1.165, 1.54) is 10.9 Å². The van der Waals surface area contributed by atoms with Gasteiger partial charge in [-0.25, -0.2) is 9.59 Å². The summed E-state index contributed by atoms with van der Waals surface area (Å²) in [5.41, 5.74) is 0.444. The van der Waals surface area contributed by atoms with Crippen molar-refractivity contribution in [2.45, 2.75) is 12.5 Å². The third-order valence-electron chi connectivity index (χ3n) is 3.08. The zero-order valence-corrected chi connectivity index (χ0v) is 11.3. The molecule has 1 saturated heterocycles. The molecular weight excluding hydrogens is 264 g/mol. The summed E-state index contributed by atoms with van der Waals surface area (Å²) in [6.07, 6.45) is 3.76. The number of nitrogens with one attached hydrogen (secondary N) is 1. The molecule has 2 amide bonds. The van der Waals surface area contributed by atoms with Crippen molar-refractivity contribution >= 4 is 12.0 Å². The normalized spacial score (nSPS) is 17.4. The number of aliphatic carboxylic acids is 1. The topological polar surface area (TPSA) is 96.7 Å². The van der Waals surface area contributed by atoms with Gasteiger partial charge in [0.2, 0.25) is 0 Å². The minimum atomic E-state index is -1.11. The second kappa shape index (κ2) is 6.38. The highest BCUT2D eigenvalue weighted by atomic mass is 16.5. The van der Waals surface area contributed by atoms with E-state index in [4.69, 9.17) is 4.74 Å². The summed E-state index contributed by atoms with van der Waals surface area (Å²) >= 11 is 0. The van der Waals surface area contributed by atoms with Gasteiger partial charge in [0.05, 0.1) is 12.8 Å². The lowest BCUT2D eigenvalue weighted by atomic mass is 10.1. The van der Waals surface area contributed by atoms with Gasteiger partial charge in [-0.3, -0.25) is 4.68 Å². The molecule has 0 bridgehead atoms. The predicted octanol–water partition coefficient (Wildman–Crippen LogP) is -0.0223. The van der Waals surface area contributed by atoms with Gasteiger partial charge in [0.1, 0.15) is 0 Å². The van der Waals surface area contributed by atoms with Crippen LogP contribution in [0.3, 0.4) is 0 Å². The molecule has 110 valence electrons. The molecule has 2 N–H and O–H groups in total. The lowest BCUT2D eigenvalue weighted by Gasteiger charge is -2.22. The van der Waals surface area contributed by atoms with Gasteiger partial charge >= 0.3 is 12.0 Å². The number of aryl methyl sites for hydroxylation is 1. The molecule has 0 saturated carbocycles. The maximum atomic E-state index is 12.1. The number of carboxylic acids is 1. The monoisotopic (exact) mass is 282 g/mol. The minimum absolute atomic E-state index is 0.397. The fourth-order valence-electron chi connectivity index (χ4n) is 2.04. The third kappa shape index (κ3) is 3.47. The van der Waals surface area contributed by atoms with Gasteiger partial charge in [-0.1, -0.05) is 0 Å². The van der Waals surface area contributed by atoms with Crippen molar-refractivity contribution in [1.29, 1.82) is 0 Å². The first kappa shape index (κ1) is 14.3. The summed E-state index contributed by atoms with van der Waals surface area (Å²) in [6, 6.07) is -1.49. The molecule has 1 atom stereocenters. The van der Waals surface area contributed by atoms with Gasteiger partial charge in [-0.2, -0.15) is 5.10 Å². The number of carboxylic acid groups (broad SMARTS) is 1. The Kier molecular flexibility index (Phi) is 4.57. The van der Waals surface area contributed by atoms with E-state index in [0.717, 1.165) is 6.42 Å². The van der Waals surface area contributed by atoms with Crippen LogP contribution in [0.5, 0.6) is 0 Å². The third-order valence-corrected chi connectivity index (χ3v) is 3.08. The van der Waals surface area contributed by atoms with E-state index in [1.54, 1.807) is 18.1 Å². The summed E-state index contributed by atoms with van der Waals surface area (Å²) in [5, 5.41) is 15.7. The Bertz CT molecular complexity index is 480. The predicted molar refractivity (Wildman–Crippen MR) is 69.1 cm³/mol. The zero-order valence-electron chi connectivity index (χ0n) is 11.3. The number of carbonyl (C=O) groups excluding carboxylic acids is 1. The molecule has 1 aliphatic rings. The van der Waals surface area contributed by atoms with Gasteiger partial charge in [0, 0.05) is 38.5 Å². The van der Waals surface area contributed by atoms with E-state index in [1.807, 2.05) is 0 Å². The van der Waals surface area contributed by atoms with Gasteiger partial charge in [-0.05, 0) is 6.42 Å². The first-order valence-corrected chi connectivity index (χ1v) is 6.42. The molecule has 1 fully saturated rings. The molecule has 0 spiro atoms. The van der Waals surface area contributed by atoms with Crippen molar-refractivity contribution in [1.82, 2.24) is 20.0 Å². The molecule has 20 heavy (non-hydrogen) atoms. The summed E-state index contributed by atoms with van der Waals surface area (Å²) < 4.78 is 6.76. The first-order chi connectivity index (χ1) is 9.58. The standard InChI is InChI=1S/C12H18N4O4/c1-15-8-9(7-13-15)10(11(17)18)14-12(19)16-3-2-5-20-6-4-16/h7-8,10H,2-6H2,1H3,(H,14,19)(H,17,18). The fraction of sp³-hybridized carbons (Fsp3) is 0.583. The molecule has 8 nitrogen and oxygen atoms in total. The van der Waals surface area contributed by atoms with Crippen molar-refractivity contribution in [2.24, 2.45) is 7.05 Å². The van der Waals surface area contributed by atoms with Gasteiger partial charge < -0.3 is 20.1 Å². The number of amides is 2. The van der Waals surface area contributed by atoms with Crippen LogP contribution in [-0.2, 0) is 16.6 Å². The number of hydrogen-bond donors (Lipinski definition) is 2. The number of aromatic nitrogens is 2. The number of nitrogens with zero attached hydrogens (tertiary/aromatic N) is 3. The molecule has 2 heterocycles. The second-order valence-corrected chi connectivity index (χ2v) is 4.62. The van der Waals surface area contributed by atoms with Crippen molar-refractivity contribution in [3.05, 3.63) is 18.0 Å². The van der Waals surface area contributed by atoms with Crippen LogP contribution >= 0.6 is 0 Å². The Labute approximate surface area is 116 Å². The lowest BCUT2D eigenvalue weighted by Crippen LogP contribution is -2.44. The lowest BCUT2D eigenvalue weighted by molar-refractivity contribution is -0.139. The first-order valence-electron chi connectivity index (χ1n) is 6.42. The maximum Gasteiger partial charge on any atom is 0.331 e. The van der Waals surface area contributed by atoms with E-state index in [9.17, 15) is 14.7 Å². The summed E-state index contributed by atoms with van der Waals surface area (Å²) in [7, 11) is 1.69. The highest BCUT2D eigenvalue weighted by Crippen LogP contribution is 2.13. The number of ether oxygens (including phenoxy) is 1. The van der Waals surface area contributed by atoms with Crippen LogP contribution in [-0.4, -0.2) is 58.1 Å². The van der Waals surface area contributed by atoms with Crippen molar-refractivity contribution in [3.8, 4) is 0 Å². The molecule has 1 aliphatic heterocycles. The Morgan fingerprint density at radius 1 is 1.45 bits per heavy atom. The molecule has 0 aliphatic carbocycles. The summed E-state index contributed by atoms with van der Waals surface area (Å²) in [6.45, 7) is 2.11. The van der Waals surface area contributed by atoms with Crippen LogP contribution in [0.1, 0.15) is 18.0 Å². The van der Waals surface area contributed by atoms with Crippen LogP contribution in [0.4, 0.5) is 4.79 Å². The number of hydrogen-bond acceptors (Lipinski definition) is 4. The van der Waals surface area contributed by atoms with Crippen LogP contribution < -0.4 is 5.32 Å². The maximum absolute atomic E-state index is 12.1. The summed E-state index contributed by atoms with van der Waals surface area (Å²) in [5.74, 6) is -1.11. The average Bonchev–Trinajstić information content (AvgIpc) is 2.67. The Balaban J connectivity index is 2.04. The largest absolute Gasteiger partial charge is 0.479 e. The smallest absolute Gasteiger partial charge is 0.331 e. The fourth-order valence-corrected chi connectivity index (χ4v) is 2.04. The van der Waals surface area contributed by atoms with E-state index in [0.29, 0.717) is 31.9 Å². The Morgan fingerprint density at radius 3 is 2.90 bits per heavy atom. The number of urea groups is 1. The number of carbonyl (C=O) groups is 2. The number of rotatable bonds is 3. The van der Waals surface area contributed by atoms with Gasteiger partial charge in [0.25, 0.3) is 0 Å². The zero-order chi connectivity index (χ0) is 14.5. The van der Waals surface area contributed by atoms with Gasteiger partial charge in [0.15, 0.2) is 6.04 Å². The van der Waals surface area contributed by atoms with Crippen molar-refractivity contribution in [3.63, 3.8) is 0 Å². The van der Waals surface area contributed by atoms with E-state index in [2.05, 4.69) is 10.4 Å². The van der Waals surface area contributed by atoms with E-state index in [-0.39, 0.29) is 0 Å². The van der Waals surface area contributed by atoms with Crippen molar-refractivity contribution < 1.29 is 19.4 Å². The SMILES string of the molecule is Cn1cc(C(NC(=O)N2CCCOCC2)C(=O)O)cn1. The highest BCUT2D eigenvalue weighted by Gasteiger charge is 2.26. The van der Waals surface area contributed by atoms with Crippen LogP contribution in [0.2, 0.25) is 0 Å². The Hall–Kier alpha value is -2.09. The summed E-state index contributed by atoms with van der Waals surface area (Å²) in [4.78, 5) is 25.0. The van der Waals surface area contributed by atoms with Crippen molar-refractivity contribution in [2.75, 3.05) is 26.3 Å². The molecule has 0 aromatic carbocycles. The van der Waals surface area contributed by atoms with Crippen LogP contribution in [0.25, 0.3) is 0 Å². The molecule has 2 rings (SSSR count). The highest BCUT2D eigenvalue weighted by molar-refractivity contribution is 5.83. The molecule has 1 aromatic rings. The molecule has 1 unspecified atom stereocenters. The van der Waals surface area contributed by atoms with Gasteiger partial charge in [-0.15, -0.1) is 0 Å². The molecule has 1 aromatic heterocycles. The van der Waals surface area contributed by atoms with E-state index >= 15 is 0 Å². The van der Waals surface area contributed by atoms with E-state index < -0.39 is 18.0 Å². The minimum Gasteiger partial charge on any atom is -0.479 e.